The molecule has 1 aromatic rings. The molecule has 1 heterocycles. The molecule has 1 N–H and O–H groups in total. The third kappa shape index (κ3) is 3.38. The number of nitrogens with one attached hydrogen (secondary N) is 1. The van der Waals surface area contributed by atoms with Crippen LogP contribution in [-0.4, -0.2) is 30.4 Å². The summed E-state index contributed by atoms with van der Waals surface area (Å²) in [6.07, 6.45) is 0. The monoisotopic (exact) mass is 224 g/mol. The van der Waals surface area contributed by atoms with E-state index in [0.717, 1.165) is 18.1 Å². The lowest BCUT2D eigenvalue weighted by atomic mass is 10.3. The highest BCUT2D eigenvalue weighted by Gasteiger charge is 2.15. The van der Waals surface area contributed by atoms with Gasteiger partial charge in [-0.05, 0) is 32.9 Å². The van der Waals surface area contributed by atoms with Crippen molar-refractivity contribution in [1.82, 2.24) is 10.2 Å². The lowest BCUT2D eigenvalue weighted by Crippen LogP contribution is -2.42. The molecule has 0 spiro atoms. The van der Waals surface area contributed by atoms with Crippen LogP contribution in [0.2, 0.25) is 0 Å². The van der Waals surface area contributed by atoms with Crippen molar-refractivity contribution in [1.29, 1.82) is 0 Å². The zero-order valence-corrected chi connectivity index (χ0v) is 10.4. The van der Waals surface area contributed by atoms with Crippen LogP contribution >= 0.6 is 0 Å². The molecule has 4 heteroatoms. The van der Waals surface area contributed by atoms with Gasteiger partial charge in [0.05, 0.1) is 12.6 Å². The summed E-state index contributed by atoms with van der Waals surface area (Å²) in [5, 5.41) is 3.14. The van der Waals surface area contributed by atoms with Crippen LogP contribution in [-0.2, 0) is 11.3 Å². The van der Waals surface area contributed by atoms with E-state index in [0.29, 0.717) is 6.54 Å². The number of likely N-dealkylation sites (N-methyl/N-ethyl adjacent to an activating group) is 1. The minimum absolute atomic E-state index is 0.103. The average molecular weight is 224 g/mol. The summed E-state index contributed by atoms with van der Waals surface area (Å²) in [5.74, 6) is 1.85. The molecule has 0 saturated heterocycles. The molecule has 0 aliphatic heterocycles. The van der Waals surface area contributed by atoms with E-state index in [2.05, 4.69) is 5.32 Å². The van der Waals surface area contributed by atoms with E-state index in [-0.39, 0.29) is 11.9 Å². The van der Waals surface area contributed by atoms with Crippen molar-refractivity contribution in [2.45, 2.75) is 33.4 Å². The number of hydrogen-bond acceptors (Lipinski definition) is 3. The number of carbonyl (C=O) groups excluding carboxylic acids is 1. The Morgan fingerprint density at radius 3 is 2.75 bits per heavy atom. The molecule has 0 radical (unpaired) electrons. The minimum atomic E-state index is -0.185. The van der Waals surface area contributed by atoms with Gasteiger partial charge in [-0.15, -0.1) is 0 Å². The summed E-state index contributed by atoms with van der Waals surface area (Å²) < 4.78 is 5.41. The summed E-state index contributed by atoms with van der Waals surface area (Å²) in [5.41, 5.74) is 0. The topological polar surface area (TPSA) is 45.5 Å². The molecule has 16 heavy (non-hydrogen) atoms. The van der Waals surface area contributed by atoms with Crippen LogP contribution in [0.3, 0.4) is 0 Å². The first-order valence-corrected chi connectivity index (χ1v) is 5.58. The highest BCUT2D eigenvalue weighted by atomic mass is 16.3. The van der Waals surface area contributed by atoms with Crippen molar-refractivity contribution in [3.8, 4) is 0 Å². The SMILES string of the molecule is CCN(C)C(=O)C(C)NCc1ccc(C)o1. The van der Waals surface area contributed by atoms with E-state index < -0.39 is 0 Å². The predicted octanol–water partition coefficient (Wildman–Crippen LogP) is 1.54. The van der Waals surface area contributed by atoms with Gasteiger partial charge in [-0.1, -0.05) is 0 Å². The van der Waals surface area contributed by atoms with Gasteiger partial charge >= 0.3 is 0 Å². The fraction of sp³-hybridized carbons (Fsp3) is 0.583. The molecule has 0 aromatic carbocycles. The van der Waals surface area contributed by atoms with Gasteiger partial charge in [0, 0.05) is 13.6 Å². The van der Waals surface area contributed by atoms with E-state index in [4.69, 9.17) is 4.42 Å². The van der Waals surface area contributed by atoms with Gasteiger partial charge in [0.2, 0.25) is 5.91 Å². The van der Waals surface area contributed by atoms with E-state index in [9.17, 15) is 4.79 Å². The Bertz CT molecular complexity index is 347. The first-order valence-electron chi connectivity index (χ1n) is 5.58. The normalized spacial score (nSPS) is 12.5. The molecule has 0 aliphatic rings. The summed E-state index contributed by atoms with van der Waals surface area (Å²) in [7, 11) is 1.80. The lowest BCUT2D eigenvalue weighted by molar-refractivity contribution is -0.131. The number of aryl methyl sites for hydroxylation is 1. The first kappa shape index (κ1) is 12.8. The molecule has 4 nitrogen and oxygen atoms in total. The molecule has 1 amide bonds. The van der Waals surface area contributed by atoms with Crippen LogP contribution in [0.25, 0.3) is 0 Å². The van der Waals surface area contributed by atoms with Gasteiger partial charge in [0.1, 0.15) is 11.5 Å². The molecular formula is C12H20N2O2. The second-order valence-corrected chi connectivity index (χ2v) is 3.97. The zero-order valence-electron chi connectivity index (χ0n) is 10.4. The van der Waals surface area contributed by atoms with Gasteiger partial charge in [-0.3, -0.25) is 10.1 Å². The molecule has 1 aromatic heterocycles. The van der Waals surface area contributed by atoms with Gasteiger partial charge in [-0.25, -0.2) is 0 Å². The van der Waals surface area contributed by atoms with E-state index >= 15 is 0 Å². The molecule has 0 bridgehead atoms. The number of furan rings is 1. The number of rotatable bonds is 5. The Kier molecular flexibility index (Phi) is 4.55. The third-order valence-electron chi connectivity index (χ3n) is 2.60. The van der Waals surface area contributed by atoms with E-state index in [1.165, 1.54) is 0 Å². The van der Waals surface area contributed by atoms with Gasteiger partial charge in [-0.2, -0.15) is 0 Å². The Balaban J connectivity index is 2.40. The van der Waals surface area contributed by atoms with Crippen LogP contribution in [0.15, 0.2) is 16.5 Å². The standard InChI is InChI=1S/C12H20N2O2/c1-5-14(4)12(15)10(3)13-8-11-7-6-9(2)16-11/h6-7,10,13H,5,8H2,1-4H3. The van der Waals surface area contributed by atoms with Crippen LogP contribution < -0.4 is 5.32 Å². The summed E-state index contributed by atoms with van der Waals surface area (Å²) in [6.45, 7) is 7.04. The summed E-state index contributed by atoms with van der Waals surface area (Å²) >= 11 is 0. The Hall–Kier alpha value is -1.29. The highest BCUT2D eigenvalue weighted by Crippen LogP contribution is 2.06. The lowest BCUT2D eigenvalue weighted by Gasteiger charge is -2.20. The molecule has 0 aliphatic carbocycles. The molecule has 1 rings (SSSR count). The maximum absolute atomic E-state index is 11.7. The predicted molar refractivity (Wildman–Crippen MR) is 63.1 cm³/mol. The quantitative estimate of drug-likeness (QED) is 0.825. The van der Waals surface area contributed by atoms with E-state index in [1.54, 1.807) is 11.9 Å². The fourth-order valence-corrected chi connectivity index (χ4v) is 1.41. The van der Waals surface area contributed by atoms with Crippen molar-refractivity contribution in [3.63, 3.8) is 0 Å². The Morgan fingerprint density at radius 1 is 1.56 bits per heavy atom. The van der Waals surface area contributed by atoms with Crippen molar-refractivity contribution < 1.29 is 9.21 Å². The van der Waals surface area contributed by atoms with E-state index in [1.807, 2.05) is 32.9 Å². The second-order valence-electron chi connectivity index (χ2n) is 3.97. The second kappa shape index (κ2) is 5.70. The largest absolute Gasteiger partial charge is 0.465 e. The van der Waals surface area contributed by atoms with Crippen molar-refractivity contribution in [2.24, 2.45) is 0 Å². The molecule has 1 unspecified atom stereocenters. The van der Waals surface area contributed by atoms with Gasteiger partial charge < -0.3 is 9.32 Å². The maximum Gasteiger partial charge on any atom is 0.239 e. The number of hydrogen-bond donors (Lipinski definition) is 1. The fourth-order valence-electron chi connectivity index (χ4n) is 1.41. The molecule has 1 atom stereocenters. The van der Waals surface area contributed by atoms with Gasteiger partial charge in [0.15, 0.2) is 0 Å². The Labute approximate surface area is 96.6 Å². The zero-order chi connectivity index (χ0) is 12.1. The maximum atomic E-state index is 11.7. The smallest absolute Gasteiger partial charge is 0.239 e. The van der Waals surface area contributed by atoms with Crippen LogP contribution in [0.4, 0.5) is 0 Å². The van der Waals surface area contributed by atoms with Crippen LogP contribution in [0.1, 0.15) is 25.4 Å². The van der Waals surface area contributed by atoms with Gasteiger partial charge in [0.25, 0.3) is 0 Å². The Morgan fingerprint density at radius 2 is 2.25 bits per heavy atom. The first-order chi connectivity index (χ1) is 7.54. The molecule has 90 valence electrons. The highest BCUT2D eigenvalue weighted by molar-refractivity contribution is 5.81. The number of nitrogens with zero attached hydrogens (tertiary/aromatic N) is 1. The minimum Gasteiger partial charge on any atom is -0.465 e. The van der Waals surface area contributed by atoms with Crippen molar-refractivity contribution in [2.75, 3.05) is 13.6 Å². The third-order valence-corrected chi connectivity index (χ3v) is 2.60. The number of amides is 1. The van der Waals surface area contributed by atoms with Crippen molar-refractivity contribution >= 4 is 5.91 Å². The molecule has 0 fully saturated rings. The molecule has 0 saturated carbocycles. The van der Waals surface area contributed by atoms with Crippen LogP contribution in [0, 0.1) is 6.92 Å². The summed E-state index contributed by atoms with van der Waals surface area (Å²) in [6, 6.07) is 3.65. The van der Waals surface area contributed by atoms with Crippen LogP contribution in [0.5, 0.6) is 0 Å². The number of carbonyl (C=O) groups is 1. The summed E-state index contributed by atoms with van der Waals surface area (Å²) in [4.78, 5) is 13.4. The van der Waals surface area contributed by atoms with Crippen molar-refractivity contribution in [3.05, 3.63) is 23.7 Å². The molecular weight excluding hydrogens is 204 g/mol. The average Bonchev–Trinajstić information content (AvgIpc) is 2.69.